The highest BCUT2D eigenvalue weighted by Crippen LogP contribution is 2.23. The number of benzene rings is 1. The number of likely N-dealkylation sites (N-methyl/N-ethyl adjacent to an activating group) is 1. The summed E-state index contributed by atoms with van der Waals surface area (Å²) >= 11 is 3.23. The lowest BCUT2D eigenvalue weighted by molar-refractivity contribution is 0.185. The molecule has 0 saturated heterocycles. The van der Waals surface area contributed by atoms with E-state index >= 15 is 0 Å². The van der Waals surface area contributed by atoms with Crippen LogP contribution in [0.4, 0.5) is 0 Å². The van der Waals surface area contributed by atoms with Gasteiger partial charge < -0.3 is 4.74 Å². The third-order valence-electron chi connectivity index (χ3n) is 2.14. The molecule has 90 valence electrons. The van der Waals surface area contributed by atoms with Gasteiger partial charge in [-0.3, -0.25) is 0 Å². The first-order valence-corrected chi connectivity index (χ1v) is 6.93. The normalized spacial score (nSPS) is 12.0. The van der Waals surface area contributed by atoms with Crippen molar-refractivity contribution in [2.24, 2.45) is 0 Å². The molecule has 16 heavy (non-hydrogen) atoms. The largest absolute Gasteiger partial charge is 0.383 e. The van der Waals surface area contributed by atoms with Crippen LogP contribution in [-0.2, 0) is 14.8 Å². The number of ether oxygens (including phenoxy) is 1. The molecule has 0 aliphatic rings. The molecular formula is C10H14BrNO3S. The predicted molar refractivity (Wildman–Crippen MR) is 65.8 cm³/mol. The molecular weight excluding hydrogens is 294 g/mol. The van der Waals surface area contributed by atoms with Crippen LogP contribution in [0.3, 0.4) is 0 Å². The van der Waals surface area contributed by atoms with Crippen LogP contribution >= 0.6 is 15.9 Å². The Morgan fingerprint density at radius 1 is 1.38 bits per heavy atom. The number of rotatable bonds is 5. The summed E-state index contributed by atoms with van der Waals surface area (Å²) in [7, 11) is -0.359. The van der Waals surface area contributed by atoms with Gasteiger partial charge >= 0.3 is 0 Å². The van der Waals surface area contributed by atoms with Gasteiger partial charge in [-0.15, -0.1) is 0 Å². The van der Waals surface area contributed by atoms with Gasteiger partial charge in [-0.2, -0.15) is 4.31 Å². The van der Waals surface area contributed by atoms with E-state index in [-0.39, 0.29) is 4.90 Å². The van der Waals surface area contributed by atoms with Gasteiger partial charge in [0.15, 0.2) is 0 Å². The van der Waals surface area contributed by atoms with Gasteiger partial charge in [0, 0.05) is 25.2 Å². The van der Waals surface area contributed by atoms with Crippen LogP contribution in [0.25, 0.3) is 0 Å². The van der Waals surface area contributed by atoms with Gasteiger partial charge in [0.1, 0.15) is 0 Å². The number of hydrogen-bond acceptors (Lipinski definition) is 3. The molecule has 0 amide bonds. The molecule has 4 nitrogen and oxygen atoms in total. The number of hydrogen-bond donors (Lipinski definition) is 0. The highest BCUT2D eigenvalue weighted by molar-refractivity contribution is 9.10. The molecule has 0 saturated carbocycles. The Labute approximate surface area is 104 Å². The second kappa shape index (κ2) is 5.77. The third kappa shape index (κ3) is 3.04. The topological polar surface area (TPSA) is 46.6 Å². The van der Waals surface area contributed by atoms with Crippen molar-refractivity contribution in [2.45, 2.75) is 4.90 Å². The smallest absolute Gasteiger partial charge is 0.244 e. The summed E-state index contributed by atoms with van der Waals surface area (Å²) in [4.78, 5) is 0.272. The second-order valence-corrected chi connectivity index (χ2v) is 6.12. The number of methoxy groups -OCH3 is 1. The molecule has 0 aliphatic heterocycles. The van der Waals surface area contributed by atoms with Gasteiger partial charge in [-0.1, -0.05) is 12.1 Å². The SMILES string of the molecule is COCCN(C)S(=O)(=O)c1ccccc1Br. The Morgan fingerprint density at radius 3 is 2.56 bits per heavy atom. The maximum absolute atomic E-state index is 12.1. The molecule has 0 N–H and O–H groups in total. The van der Waals surface area contributed by atoms with Gasteiger partial charge in [-0.05, 0) is 28.1 Å². The van der Waals surface area contributed by atoms with Crippen molar-refractivity contribution in [2.75, 3.05) is 27.3 Å². The molecule has 1 rings (SSSR count). The van der Waals surface area contributed by atoms with E-state index in [9.17, 15) is 8.42 Å². The molecule has 0 spiro atoms. The third-order valence-corrected chi connectivity index (χ3v) is 5.00. The maximum atomic E-state index is 12.1. The Hall–Kier alpha value is -0.430. The Morgan fingerprint density at radius 2 is 2.00 bits per heavy atom. The first-order chi connectivity index (χ1) is 7.50. The molecule has 0 radical (unpaired) electrons. The summed E-state index contributed by atoms with van der Waals surface area (Å²) < 4.78 is 30.9. The van der Waals surface area contributed by atoms with E-state index < -0.39 is 10.0 Å². The minimum Gasteiger partial charge on any atom is -0.383 e. The Bertz CT molecular complexity index is 447. The highest BCUT2D eigenvalue weighted by atomic mass is 79.9. The van der Waals surface area contributed by atoms with Crippen LogP contribution in [0.15, 0.2) is 33.6 Å². The monoisotopic (exact) mass is 307 g/mol. The summed E-state index contributed by atoms with van der Waals surface area (Å²) in [5, 5.41) is 0. The molecule has 0 unspecified atom stereocenters. The first-order valence-electron chi connectivity index (χ1n) is 4.70. The molecule has 1 aromatic carbocycles. The molecule has 0 fully saturated rings. The lowest BCUT2D eigenvalue weighted by atomic mass is 10.4. The molecule has 6 heteroatoms. The van der Waals surface area contributed by atoms with E-state index in [0.29, 0.717) is 17.6 Å². The molecule has 1 aromatic rings. The van der Waals surface area contributed by atoms with Crippen LogP contribution in [0.2, 0.25) is 0 Å². The van der Waals surface area contributed by atoms with E-state index in [1.165, 1.54) is 11.4 Å². The van der Waals surface area contributed by atoms with Crippen molar-refractivity contribution in [3.8, 4) is 0 Å². The fourth-order valence-corrected chi connectivity index (χ4v) is 3.28. The quantitative estimate of drug-likeness (QED) is 0.832. The van der Waals surface area contributed by atoms with Crippen LogP contribution in [-0.4, -0.2) is 40.0 Å². The summed E-state index contributed by atoms with van der Waals surface area (Å²) in [6.45, 7) is 0.709. The zero-order valence-corrected chi connectivity index (χ0v) is 11.6. The number of nitrogens with zero attached hydrogens (tertiary/aromatic N) is 1. The van der Waals surface area contributed by atoms with E-state index in [1.807, 2.05) is 0 Å². The molecule has 0 aromatic heterocycles. The van der Waals surface area contributed by atoms with Crippen LogP contribution in [0.5, 0.6) is 0 Å². The zero-order valence-electron chi connectivity index (χ0n) is 9.18. The van der Waals surface area contributed by atoms with Gasteiger partial charge in [-0.25, -0.2) is 8.42 Å². The average molecular weight is 308 g/mol. The molecule has 0 aliphatic carbocycles. The van der Waals surface area contributed by atoms with E-state index in [2.05, 4.69) is 15.9 Å². The van der Waals surface area contributed by atoms with Crippen molar-refractivity contribution in [3.63, 3.8) is 0 Å². The summed E-state index contributed by atoms with van der Waals surface area (Å²) in [6.07, 6.45) is 0. The van der Waals surface area contributed by atoms with Crippen LogP contribution in [0.1, 0.15) is 0 Å². The fraction of sp³-hybridized carbons (Fsp3) is 0.400. The fourth-order valence-electron chi connectivity index (χ4n) is 1.16. The molecule has 0 bridgehead atoms. The van der Waals surface area contributed by atoms with Crippen molar-refractivity contribution >= 4 is 26.0 Å². The molecule has 0 atom stereocenters. The van der Waals surface area contributed by atoms with Crippen molar-refractivity contribution in [1.82, 2.24) is 4.31 Å². The minimum absolute atomic E-state index is 0.272. The van der Waals surface area contributed by atoms with E-state index in [0.717, 1.165) is 0 Å². The second-order valence-electron chi connectivity index (χ2n) is 3.25. The standard InChI is InChI=1S/C10H14BrNO3S/c1-12(7-8-15-2)16(13,14)10-6-4-3-5-9(10)11/h3-6H,7-8H2,1-2H3. The van der Waals surface area contributed by atoms with Gasteiger partial charge in [0.2, 0.25) is 10.0 Å². The van der Waals surface area contributed by atoms with E-state index in [4.69, 9.17) is 4.74 Å². The summed E-state index contributed by atoms with van der Waals surface area (Å²) in [5.41, 5.74) is 0. The zero-order chi connectivity index (χ0) is 12.2. The minimum atomic E-state index is -3.44. The summed E-state index contributed by atoms with van der Waals surface area (Å²) in [5.74, 6) is 0. The predicted octanol–water partition coefficient (Wildman–Crippen LogP) is 1.72. The molecule has 0 heterocycles. The Balaban J connectivity index is 2.98. The lowest BCUT2D eigenvalue weighted by Gasteiger charge is -2.17. The lowest BCUT2D eigenvalue weighted by Crippen LogP contribution is -2.30. The number of sulfonamides is 1. The van der Waals surface area contributed by atoms with Crippen LogP contribution < -0.4 is 0 Å². The highest BCUT2D eigenvalue weighted by Gasteiger charge is 2.22. The summed E-state index contributed by atoms with van der Waals surface area (Å²) in [6, 6.07) is 6.75. The van der Waals surface area contributed by atoms with Gasteiger partial charge in [0.25, 0.3) is 0 Å². The van der Waals surface area contributed by atoms with Crippen molar-refractivity contribution in [3.05, 3.63) is 28.7 Å². The van der Waals surface area contributed by atoms with Crippen molar-refractivity contribution in [1.29, 1.82) is 0 Å². The van der Waals surface area contributed by atoms with Crippen LogP contribution in [0, 0.1) is 0 Å². The Kier molecular flexibility index (Phi) is 4.91. The van der Waals surface area contributed by atoms with Gasteiger partial charge in [0.05, 0.1) is 11.5 Å². The van der Waals surface area contributed by atoms with Crippen molar-refractivity contribution < 1.29 is 13.2 Å². The average Bonchev–Trinajstić information content (AvgIpc) is 2.26. The number of halogens is 1. The first kappa shape index (κ1) is 13.6. The maximum Gasteiger partial charge on any atom is 0.244 e. The van der Waals surface area contributed by atoms with E-state index in [1.54, 1.807) is 31.4 Å².